The van der Waals surface area contributed by atoms with Crippen LogP contribution >= 0.6 is 23.1 Å². The van der Waals surface area contributed by atoms with E-state index in [9.17, 15) is 0 Å². The summed E-state index contributed by atoms with van der Waals surface area (Å²) >= 11 is 3.21. The molecule has 0 aliphatic heterocycles. The Morgan fingerprint density at radius 1 is 1.14 bits per heavy atom. The molecule has 4 heteroatoms. The Hall–Kier alpha value is -1.26. The minimum atomic E-state index is 1.09. The van der Waals surface area contributed by atoms with Crippen molar-refractivity contribution in [2.75, 3.05) is 0 Å². The quantitative estimate of drug-likeness (QED) is 0.575. The topological polar surface area (TPSA) is 17.0 Å². The van der Waals surface area contributed by atoms with Crippen LogP contribution in [0.15, 0.2) is 41.9 Å². The molecule has 0 amide bonds. The Morgan fingerprint density at radius 3 is 3.00 bits per heavy atom. The van der Waals surface area contributed by atoms with Crippen LogP contribution in [0.1, 0.15) is 0 Å². The number of rotatable bonds is 1. The first kappa shape index (κ1) is 8.08. The first-order chi connectivity index (χ1) is 6.95. The maximum Gasteiger partial charge on any atom is 0.283 e. The number of thiophene rings is 1. The molecule has 3 aromatic heterocycles. The van der Waals surface area contributed by atoms with E-state index in [-0.39, 0.29) is 0 Å². The van der Waals surface area contributed by atoms with Crippen LogP contribution in [-0.4, -0.2) is 4.37 Å². The molecule has 68 valence electrons. The number of aromatic nitrogens is 2. The van der Waals surface area contributed by atoms with Crippen molar-refractivity contribution in [3.8, 4) is 10.6 Å². The van der Waals surface area contributed by atoms with Gasteiger partial charge in [0.25, 0.3) is 17.4 Å². The Kier molecular flexibility index (Phi) is 1.82. The van der Waals surface area contributed by atoms with Gasteiger partial charge < -0.3 is 0 Å². The van der Waals surface area contributed by atoms with Gasteiger partial charge in [0, 0.05) is 4.37 Å². The number of nitrogens with zero attached hydrogens (tertiary/aromatic N) is 2. The molecule has 0 atom stereocenters. The Balaban J connectivity index is 2.33. The predicted octanol–water partition coefficient (Wildman–Crippen LogP) is 2.61. The van der Waals surface area contributed by atoms with Crippen molar-refractivity contribution in [1.82, 2.24) is 4.37 Å². The minimum absolute atomic E-state index is 1.09. The number of pyridine rings is 1. The minimum Gasteiger partial charge on any atom is -0.140 e. The highest BCUT2D eigenvalue weighted by Gasteiger charge is 2.17. The van der Waals surface area contributed by atoms with E-state index >= 15 is 0 Å². The summed E-state index contributed by atoms with van der Waals surface area (Å²) in [6.45, 7) is 0. The average molecular weight is 219 g/mol. The normalized spacial score (nSPS) is 10.9. The SMILES string of the molecule is c1csc(-c2ns[n+]3ccccc23)c1. The third kappa shape index (κ3) is 1.15. The molecular weight excluding hydrogens is 212 g/mol. The van der Waals surface area contributed by atoms with Gasteiger partial charge in [-0.2, -0.15) is 0 Å². The summed E-state index contributed by atoms with van der Waals surface area (Å²) in [6.07, 6.45) is 2.03. The summed E-state index contributed by atoms with van der Waals surface area (Å²) in [6, 6.07) is 10.3. The standard InChI is InChI=1S/C10H7N2S2/c1-2-6-12-8(4-1)10(11-14-12)9-5-3-7-13-9/h1-7H/q+1. The molecule has 0 fully saturated rings. The van der Waals surface area contributed by atoms with Crippen LogP contribution in [0.3, 0.4) is 0 Å². The second kappa shape index (κ2) is 3.15. The molecule has 0 aliphatic rings. The lowest BCUT2D eigenvalue weighted by atomic mass is 10.3. The molecule has 0 saturated carbocycles. The van der Waals surface area contributed by atoms with E-state index in [2.05, 4.69) is 31.7 Å². The smallest absolute Gasteiger partial charge is 0.140 e. The van der Waals surface area contributed by atoms with Crippen LogP contribution in [-0.2, 0) is 0 Å². The summed E-state index contributed by atoms with van der Waals surface area (Å²) in [5, 5.41) is 2.08. The van der Waals surface area contributed by atoms with Gasteiger partial charge in [-0.3, -0.25) is 0 Å². The van der Waals surface area contributed by atoms with Gasteiger partial charge in [-0.25, -0.2) is 0 Å². The molecule has 0 aromatic carbocycles. The molecule has 0 N–H and O–H groups in total. The second-order valence-corrected chi connectivity index (χ2v) is 4.60. The van der Waals surface area contributed by atoms with E-state index in [1.165, 1.54) is 22.1 Å². The highest BCUT2D eigenvalue weighted by Crippen LogP contribution is 2.25. The highest BCUT2D eigenvalue weighted by molar-refractivity contribution is 7.13. The fourth-order valence-electron chi connectivity index (χ4n) is 1.40. The maximum atomic E-state index is 4.45. The van der Waals surface area contributed by atoms with Crippen LogP contribution < -0.4 is 3.79 Å². The van der Waals surface area contributed by atoms with Gasteiger partial charge in [-0.15, -0.1) is 15.1 Å². The van der Waals surface area contributed by atoms with Crippen molar-refractivity contribution < 1.29 is 3.79 Å². The van der Waals surface area contributed by atoms with Gasteiger partial charge >= 0.3 is 0 Å². The number of fused-ring (bicyclic) bond motifs is 1. The van der Waals surface area contributed by atoms with Crippen molar-refractivity contribution in [2.45, 2.75) is 0 Å². The third-order valence-corrected chi connectivity index (χ3v) is 3.68. The molecule has 2 nitrogen and oxygen atoms in total. The van der Waals surface area contributed by atoms with Crippen molar-refractivity contribution in [1.29, 1.82) is 0 Å². The van der Waals surface area contributed by atoms with E-state index in [4.69, 9.17) is 0 Å². The average Bonchev–Trinajstić information content (AvgIpc) is 2.85. The van der Waals surface area contributed by atoms with E-state index in [1.807, 2.05) is 18.3 Å². The molecule has 14 heavy (non-hydrogen) atoms. The van der Waals surface area contributed by atoms with Crippen molar-refractivity contribution in [3.63, 3.8) is 0 Å². The van der Waals surface area contributed by atoms with E-state index in [1.54, 1.807) is 11.3 Å². The Morgan fingerprint density at radius 2 is 2.14 bits per heavy atom. The Labute approximate surface area is 89.4 Å². The van der Waals surface area contributed by atoms with E-state index in [0.717, 1.165) is 5.69 Å². The molecule has 3 aromatic rings. The molecule has 0 aliphatic carbocycles. The first-order valence-corrected chi connectivity index (χ1v) is 5.86. The predicted molar refractivity (Wildman–Crippen MR) is 58.6 cm³/mol. The van der Waals surface area contributed by atoms with Gasteiger partial charge in [0.2, 0.25) is 0 Å². The molecule has 0 bridgehead atoms. The maximum absolute atomic E-state index is 4.45. The second-order valence-electron chi connectivity index (χ2n) is 2.91. The van der Waals surface area contributed by atoms with Gasteiger partial charge in [-0.05, 0) is 23.6 Å². The Bertz CT molecular complexity index is 554. The van der Waals surface area contributed by atoms with Crippen molar-refractivity contribution in [2.24, 2.45) is 0 Å². The number of hydrogen-bond donors (Lipinski definition) is 0. The first-order valence-electron chi connectivity index (χ1n) is 4.25. The summed E-state index contributed by atoms with van der Waals surface area (Å²) in [4.78, 5) is 1.23. The molecule has 0 radical (unpaired) electrons. The molecule has 0 saturated heterocycles. The lowest BCUT2D eigenvalue weighted by molar-refractivity contribution is -0.432. The monoisotopic (exact) mass is 219 g/mol. The molecule has 0 spiro atoms. The highest BCUT2D eigenvalue weighted by atomic mass is 32.1. The fourth-order valence-corrected chi connectivity index (χ4v) is 2.90. The van der Waals surface area contributed by atoms with Gasteiger partial charge in [0.05, 0.1) is 4.88 Å². The largest absolute Gasteiger partial charge is 0.283 e. The lowest BCUT2D eigenvalue weighted by Gasteiger charge is -1.84. The van der Waals surface area contributed by atoms with Crippen LogP contribution in [0.4, 0.5) is 0 Å². The van der Waals surface area contributed by atoms with Gasteiger partial charge in [-0.1, -0.05) is 12.1 Å². The number of hydrogen-bond acceptors (Lipinski definition) is 3. The lowest BCUT2D eigenvalue weighted by Crippen LogP contribution is -2.12. The fraction of sp³-hybridized carbons (Fsp3) is 0. The third-order valence-electron chi connectivity index (χ3n) is 2.04. The summed E-state index contributed by atoms with van der Waals surface area (Å²) in [5.74, 6) is 0. The van der Waals surface area contributed by atoms with E-state index in [0.29, 0.717) is 0 Å². The van der Waals surface area contributed by atoms with Gasteiger partial charge in [0.1, 0.15) is 6.20 Å². The molecular formula is C10H7N2S2+. The van der Waals surface area contributed by atoms with Crippen molar-refractivity contribution >= 4 is 28.6 Å². The molecule has 3 heterocycles. The van der Waals surface area contributed by atoms with Crippen LogP contribution in [0.2, 0.25) is 0 Å². The summed E-state index contributed by atoms with van der Waals surface area (Å²) in [7, 11) is 0. The zero-order chi connectivity index (χ0) is 9.38. The zero-order valence-electron chi connectivity index (χ0n) is 7.25. The van der Waals surface area contributed by atoms with E-state index < -0.39 is 0 Å². The summed E-state index contributed by atoms with van der Waals surface area (Å²) < 4.78 is 6.53. The summed E-state index contributed by atoms with van der Waals surface area (Å²) in [5.41, 5.74) is 2.27. The molecule has 3 rings (SSSR count). The van der Waals surface area contributed by atoms with Crippen LogP contribution in [0.5, 0.6) is 0 Å². The van der Waals surface area contributed by atoms with Crippen molar-refractivity contribution in [3.05, 3.63) is 41.9 Å². The van der Waals surface area contributed by atoms with Gasteiger partial charge in [0.15, 0.2) is 5.52 Å². The zero-order valence-corrected chi connectivity index (χ0v) is 8.89. The van der Waals surface area contributed by atoms with Crippen LogP contribution in [0, 0.1) is 0 Å². The molecule has 0 unspecified atom stereocenters. The van der Waals surface area contributed by atoms with Crippen LogP contribution in [0.25, 0.3) is 16.1 Å².